The summed E-state index contributed by atoms with van der Waals surface area (Å²) in [6.45, 7) is 16.0. The van der Waals surface area contributed by atoms with E-state index in [-0.39, 0.29) is 12.4 Å². The van der Waals surface area contributed by atoms with E-state index in [4.69, 9.17) is 56.8 Å². The third-order valence-corrected chi connectivity index (χ3v) is 8.62. The van der Waals surface area contributed by atoms with Gasteiger partial charge in [-0.05, 0) is 13.3 Å². The van der Waals surface area contributed by atoms with Gasteiger partial charge >= 0.3 is 5.97 Å². The molecule has 0 saturated carbocycles. The van der Waals surface area contributed by atoms with E-state index in [1.165, 1.54) is 96.3 Å². The van der Waals surface area contributed by atoms with Gasteiger partial charge in [0.15, 0.2) is 0 Å². The van der Waals surface area contributed by atoms with Crippen LogP contribution in [-0.2, 0) is 61.6 Å². The fourth-order valence-corrected chi connectivity index (χ4v) is 5.44. The number of hydrogen-bond acceptors (Lipinski definition) is 13. The molecule has 0 aromatic rings. The highest BCUT2D eigenvalue weighted by atomic mass is 16.6. The van der Waals surface area contributed by atoms with Crippen LogP contribution in [-0.4, -0.2) is 158 Å². The predicted molar refractivity (Wildman–Crippen MR) is 220 cm³/mol. The molecule has 0 atom stereocenters. The monoisotopic (exact) mass is 811 g/mol. The van der Waals surface area contributed by atoms with Crippen LogP contribution < -0.4 is 0 Å². The number of ether oxygens (including phenoxy) is 12. The zero-order valence-electron chi connectivity index (χ0n) is 36.1. The summed E-state index contributed by atoms with van der Waals surface area (Å²) in [5.41, 5.74) is 0. The molecule has 0 spiro atoms. The molecular formula is C43H86O13. The van der Waals surface area contributed by atoms with Crippen molar-refractivity contribution in [1.82, 2.24) is 0 Å². The van der Waals surface area contributed by atoms with Gasteiger partial charge < -0.3 is 56.8 Å². The Morgan fingerprint density at radius 2 is 0.482 bits per heavy atom. The Kier molecular flexibility index (Phi) is 51.1. The zero-order valence-corrected chi connectivity index (χ0v) is 36.1. The minimum absolute atomic E-state index is 0.248. The van der Waals surface area contributed by atoms with Gasteiger partial charge in [0.05, 0.1) is 152 Å². The second-order valence-electron chi connectivity index (χ2n) is 13.6. The van der Waals surface area contributed by atoms with Crippen LogP contribution in [0.1, 0.15) is 123 Å². The average molecular weight is 811 g/mol. The first-order valence-electron chi connectivity index (χ1n) is 22.3. The highest BCUT2D eigenvalue weighted by Gasteiger charge is 2.01. The van der Waals surface area contributed by atoms with Crippen molar-refractivity contribution >= 4 is 5.97 Å². The topological polar surface area (TPSA) is 128 Å². The van der Waals surface area contributed by atoms with Crippen molar-refractivity contribution < 1.29 is 61.6 Å². The molecule has 0 radical (unpaired) electrons. The van der Waals surface area contributed by atoms with Gasteiger partial charge in [0.25, 0.3) is 0 Å². The molecular weight excluding hydrogens is 724 g/mol. The summed E-state index contributed by atoms with van der Waals surface area (Å²) in [6, 6.07) is 0. The van der Waals surface area contributed by atoms with Gasteiger partial charge in [0, 0.05) is 6.61 Å². The van der Waals surface area contributed by atoms with Gasteiger partial charge in [0.1, 0.15) is 0 Å². The van der Waals surface area contributed by atoms with Gasteiger partial charge in [-0.2, -0.15) is 0 Å². The zero-order chi connectivity index (χ0) is 40.3. The van der Waals surface area contributed by atoms with Gasteiger partial charge in [-0.1, -0.05) is 103 Å². The lowest BCUT2D eigenvalue weighted by Crippen LogP contribution is -2.15. The number of hydrogen-bond donors (Lipinski definition) is 0. The van der Waals surface area contributed by atoms with Crippen molar-refractivity contribution in [2.75, 3.05) is 152 Å². The van der Waals surface area contributed by atoms with Crippen LogP contribution in [0, 0.1) is 0 Å². The van der Waals surface area contributed by atoms with E-state index in [1.807, 2.05) is 0 Å². The van der Waals surface area contributed by atoms with E-state index >= 15 is 0 Å². The molecule has 0 aromatic heterocycles. The van der Waals surface area contributed by atoms with Crippen molar-refractivity contribution in [2.24, 2.45) is 0 Å². The molecule has 0 aliphatic carbocycles. The maximum atomic E-state index is 11.2. The molecule has 0 N–H and O–H groups in total. The Labute approximate surface area is 342 Å². The standard InChI is InChI=1S/C43H86O13/c1-3-5-6-7-8-9-10-11-12-13-14-15-16-17-18-19-21-45-23-25-47-27-29-49-31-33-51-35-37-53-39-41-55-42-40-54-38-36-52-34-32-50-30-28-48-26-24-46-22-20-43(44)56-4-2/h3-42H2,1-2H3. The molecule has 0 amide bonds. The largest absolute Gasteiger partial charge is 0.466 e. The molecule has 0 bridgehead atoms. The summed E-state index contributed by atoms with van der Waals surface area (Å²) in [7, 11) is 0. The summed E-state index contributed by atoms with van der Waals surface area (Å²) < 4.78 is 65.3. The van der Waals surface area contributed by atoms with Gasteiger partial charge in [0.2, 0.25) is 0 Å². The lowest BCUT2D eigenvalue weighted by atomic mass is 10.0. The molecule has 0 rings (SSSR count). The van der Waals surface area contributed by atoms with Crippen LogP contribution in [0.5, 0.6) is 0 Å². The number of carbonyl (C=O) groups excluding carboxylic acids is 1. The maximum Gasteiger partial charge on any atom is 0.308 e. The minimum atomic E-state index is -0.248. The molecule has 0 aliphatic heterocycles. The molecule has 13 heteroatoms. The molecule has 0 saturated heterocycles. The summed E-state index contributed by atoms with van der Waals surface area (Å²) in [4.78, 5) is 11.2. The summed E-state index contributed by atoms with van der Waals surface area (Å²) in [6.07, 6.45) is 22.4. The van der Waals surface area contributed by atoms with Gasteiger partial charge in [-0.25, -0.2) is 0 Å². The Morgan fingerprint density at radius 3 is 0.732 bits per heavy atom. The quantitative estimate of drug-likeness (QED) is 0.0448. The lowest BCUT2D eigenvalue weighted by Gasteiger charge is -2.09. The molecule has 56 heavy (non-hydrogen) atoms. The van der Waals surface area contributed by atoms with Crippen molar-refractivity contribution in [2.45, 2.75) is 123 Å². The van der Waals surface area contributed by atoms with Gasteiger partial charge in [-0.15, -0.1) is 0 Å². The smallest absolute Gasteiger partial charge is 0.308 e. The normalized spacial score (nSPS) is 11.5. The van der Waals surface area contributed by atoms with E-state index in [0.717, 1.165) is 13.0 Å². The molecule has 0 fully saturated rings. The molecule has 13 nitrogen and oxygen atoms in total. The minimum Gasteiger partial charge on any atom is -0.466 e. The van der Waals surface area contributed by atoms with E-state index in [0.29, 0.717) is 145 Å². The molecule has 0 unspecified atom stereocenters. The fourth-order valence-electron chi connectivity index (χ4n) is 5.44. The van der Waals surface area contributed by atoms with Crippen LogP contribution in [0.4, 0.5) is 0 Å². The van der Waals surface area contributed by atoms with E-state index in [9.17, 15) is 4.79 Å². The summed E-state index contributed by atoms with van der Waals surface area (Å²) >= 11 is 0. The highest BCUT2D eigenvalue weighted by molar-refractivity contribution is 5.69. The van der Waals surface area contributed by atoms with Crippen LogP contribution in [0.2, 0.25) is 0 Å². The second-order valence-corrected chi connectivity index (χ2v) is 13.6. The number of carbonyl (C=O) groups is 1. The van der Waals surface area contributed by atoms with E-state index in [2.05, 4.69) is 6.92 Å². The van der Waals surface area contributed by atoms with Crippen LogP contribution >= 0.6 is 0 Å². The van der Waals surface area contributed by atoms with Crippen molar-refractivity contribution in [3.8, 4) is 0 Å². The molecule has 0 aromatic carbocycles. The third kappa shape index (κ3) is 51.0. The first-order valence-corrected chi connectivity index (χ1v) is 22.3. The molecule has 336 valence electrons. The van der Waals surface area contributed by atoms with E-state index in [1.54, 1.807) is 6.92 Å². The second kappa shape index (κ2) is 52.0. The fraction of sp³-hybridized carbons (Fsp3) is 0.977. The summed E-state index contributed by atoms with van der Waals surface area (Å²) in [5, 5.41) is 0. The lowest BCUT2D eigenvalue weighted by molar-refractivity contribution is -0.144. The first kappa shape index (κ1) is 55.0. The first-order chi connectivity index (χ1) is 27.8. The number of unbranched alkanes of at least 4 members (excludes halogenated alkanes) is 15. The van der Waals surface area contributed by atoms with Crippen molar-refractivity contribution in [1.29, 1.82) is 0 Å². The van der Waals surface area contributed by atoms with Gasteiger partial charge in [-0.3, -0.25) is 4.79 Å². The third-order valence-electron chi connectivity index (χ3n) is 8.62. The Bertz CT molecular complexity index is 719. The highest BCUT2D eigenvalue weighted by Crippen LogP contribution is 2.13. The Hall–Kier alpha value is -0.970. The average Bonchev–Trinajstić information content (AvgIpc) is 3.20. The SMILES string of the molecule is CCCCCCCCCCCCCCCCCCOCCOCCOCCOCCOCCOCCOCCOCCOCCOCCOCCC(=O)OCC. The van der Waals surface area contributed by atoms with Crippen molar-refractivity contribution in [3.63, 3.8) is 0 Å². The Morgan fingerprint density at radius 1 is 0.268 bits per heavy atom. The number of rotatable bonds is 51. The van der Waals surface area contributed by atoms with Crippen LogP contribution in [0.15, 0.2) is 0 Å². The van der Waals surface area contributed by atoms with E-state index < -0.39 is 0 Å². The number of esters is 1. The predicted octanol–water partition coefficient (Wildman–Crippen LogP) is 7.38. The molecule has 0 heterocycles. The Balaban J connectivity index is 3.07. The maximum absolute atomic E-state index is 11.2. The molecule has 0 aliphatic rings. The summed E-state index contributed by atoms with van der Waals surface area (Å²) in [5.74, 6) is -0.248. The van der Waals surface area contributed by atoms with Crippen LogP contribution in [0.3, 0.4) is 0 Å². The van der Waals surface area contributed by atoms with Crippen molar-refractivity contribution in [3.05, 3.63) is 0 Å². The van der Waals surface area contributed by atoms with Crippen LogP contribution in [0.25, 0.3) is 0 Å².